The molecule has 1 heterocycles. The zero-order valence-corrected chi connectivity index (χ0v) is 10.9. The standard InChI is InChI=1S/C10H12N4O4.ClH/c1-6-4-14(10(17)13-8(6)15)5-7(12)9(16)18-3-2-11;/h4,7H,3,5,12H2,1H3,(H,13,15,17);1H. The number of nitrogens with two attached hydrogens (primary N) is 1. The molecule has 0 saturated heterocycles. The van der Waals surface area contributed by atoms with Gasteiger partial charge in [0.2, 0.25) is 0 Å². The number of rotatable bonds is 4. The molecule has 9 heteroatoms. The molecule has 0 saturated carbocycles. The molecular formula is C10H13ClN4O4. The fraction of sp³-hybridized carbons (Fsp3) is 0.400. The summed E-state index contributed by atoms with van der Waals surface area (Å²) in [7, 11) is 0. The number of ether oxygens (including phenoxy) is 1. The van der Waals surface area contributed by atoms with Crippen LogP contribution in [-0.2, 0) is 16.1 Å². The number of hydrogen-bond donors (Lipinski definition) is 2. The number of hydrogen-bond acceptors (Lipinski definition) is 6. The van der Waals surface area contributed by atoms with Crippen molar-refractivity contribution in [2.75, 3.05) is 6.61 Å². The van der Waals surface area contributed by atoms with Crippen molar-refractivity contribution >= 4 is 18.4 Å². The van der Waals surface area contributed by atoms with Gasteiger partial charge in [-0.1, -0.05) is 0 Å². The summed E-state index contributed by atoms with van der Waals surface area (Å²) in [5.74, 6) is -0.785. The van der Waals surface area contributed by atoms with Crippen LogP contribution in [0.25, 0.3) is 0 Å². The van der Waals surface area contributed by atoms with Gasteiger partial charge in [-0.25, -0.2) is 4.79 Å². The van der Waals surface area contributed by atoms with Gasteiger partial charge in [-0.3, -0.25) is 19.1 Å². The highest BCUT2D eigenvalue weighted by atomic mass is 35.5. The maximum absolute atomic E-state index is 11.4. The van der Waals surface area contributed by atoms with Gasteiger partial charge in [-0.15, -0.1) is 12.4 Å². The van der Waals surface area contributed by atoms with Crippen LogP contribution >= 0.6 is 12.4 Å². The highest BCUT2D eigenvalue weighted by Crippen LogP contribution is 1.91. The number of nitriles is 1. The highest BCUT2D eigenvalue weighted by Gasteiger charge is 2.16. The smallest absolute Gasteiger partial charge is 0.328 e. The number of aromatic amines is 1. The van der Waals surface area contributed by atoms with E-state index in [2.05, 4.69) is 9.72 Å². The van der Waals surface area contributed by atoms with E-state index in [0.29, 0.717) is 5.56 Å². The summed E-state index contributed by atoms with van der Waals surface area (Å²) in [5, 5.41) is 8.23. The SMILES string of the molecule is Cc1cn(CC(N)C(=O)OCC#N)c(=O)[nH]c1=O.Cl. The molecule has 8 nitrogen and oxygen atoms in total. The minimum absolute atomic E-state index is 0. The maximum atomic E-state index is 11.4. The normalized spacial score (nSPS) is 11.0. The quantitative estimate of drug-likeness (QED) is 0.659. The molecule has 0 aliphatic carbocycles. The van der Waals surface area contributed by atoms with Crippen LogP contribution < -0.4 is 17.0 Å². The van der Waals surface area contributed by atoms with Crippen LogP contribution in [-0.4, -0.2) is 28.2 Å². The third kappa shape index (κ3) is 4.57. The molecule has 104 valence electrons. The topological polar surface area (TPSA) is 131 Å². The molecule has 19 heavy (non-hydrogen) atoms. The first-order valence-electron chi connectivity index (χ1n) is 5.05. The number of carbonyl (C=O) groups excluding carboxylic acids is 1. The largest absolute Gasteiger partial charge is 0.449 e. The Morgan fingerprint density at radius 1 is 1.63 bits per heavy atom. The van der Waals surface area contributed by atoms with Crippen molar-refractivity contribution < 1.29 is 9.53 Å². The van der Waals surface area contributed by atoms with E-state index in [0.717, 1.165) is 4.57 Å². The van der Waals surface area contributed by atoms with E-state index >= 15 is 0 Å². The first kappa shape index (κ1) is 16.9. The van der Waals surface area contributed by atoms with Crippen molar-refractivity contribution in [3.05, 3.63) is 32.6 Å². The summed E-state index contributed by atoms with van der Waals surface area (Å²) in [6.45, 7) is 0.987. The Hall–Kier alpha value is -2.11. The first-order chi connectivity index (χ1) is 8.45. The summed E-state index contributed by atoms with van der Waals surface area (Å²) in [5.41, 5.74) is 4.69. The molecule has 1 aromatic rings. The average molecular weight is 289 g/mol. The Morgan fingerprint density at radius 3 is 2.84 bits per heavy atom. The summed E-state index contributed by atoms with van der Waals surface area (Å²) >= 11 is 0. The number of aromatic nitrogens is 2. The van der Waals surface area contributed by atoms with E-state index in [1.54, 1.807) is 6.07 Å². The molecule has 1 unspecified atom stereocenters. The van der Waals surface area contributed by atoms with Crippen molar-refractivity contribution in [2.24, 2.45) is 5.73 Å². The number of carbonyl (C=O) groups is 1. The fourth-order valence-corrected chi connectivity index (χ4v) is 1.25. The Bertz CT molecular complexity index is 601. The first-order valence-corrected chi connectivity index (χ1v) is 5.05. The lowest BCUT2D eigenvalue weighted by Crippen LogP contribution is -2.41. The average Bonchev–Trinajstić information content (AvgIpc) is 2.32. The Labute approximate surface area is 114 Å². The van der Waals surface area contributed by atoms with E-state index < -0.39 is 29.9 Å². The van der Waals surface area contributed by atoms with Crippen LogP contribution in [0.5, 0.6) is 0 Å². The fourth-order valence-electron chi connectivity index (χ4n) is 1.25. The van der Waals surface area contributed by atoms with Crippen molar-refractivity contribution in [2.45, 2.75) is 19.5 Å². The van der Waals surface area contributed by atoms with Crippen molar-refractivity contribution in [1.29, 1.82) is 5.26 Å². The number of H-pyrrole nitrogens is 1. The molecule has 0 radical (unpaired) electrons. The van der Waals surface area contributed by atoms with Crippen molar-refractivity contribution in [3.63, 3.8) is 0 Å². The molecule has 1 rings (SSSR count). The maximum Gasteiger partial charge on any atom is 0.328 e. The molecule has 0 aliphatic rings. The molecule has 0 aromatic carbocycles. The van der Waals surface area contributed by atoms with Crippen LogP contribution in [0.15, 0.2) is 15.8 Å². The summed E-state index contributed by atoms with van der Waals surface area (Å²) in [4.78, 5) is 35.9. The third-order valence-corrected chi connectivity index (χ3v) is 2.16. The molecule has 0 amide bonds. The third-order valence-electron chi connectivity index (χ3n) is 2.16. The van der Waals surface area contributed by atoms with Gasteiger partial charge in [0, 0.05) is 11.8 Å². The Balaban J connectivity index is 0.00000324. The molecule has 0 spiro atoms. The molecule has 0 fully saturated rings. The molecule has 1 atom stereocenters. The van der Waals surface area contributed by atoms with Gasteiger partial charge in [0.25, 0.3) is 5.56 Å². The molecular weight excluding hydrogens is 276 g/mol. The van der Waals surface area contributed by atoms with Crippen LogP contribution in [0.4, 0.5) is 0 Å². The zero-order chi connectivity index (χ0) is 13.7. The minimum atomic E-state index is -1.08. The van der Waals surface area contributed by atoms with Crippen LogP contribution in [0.1, 0.15) is 5.56 Å². The van der Waals surface area contributed by atoms with E-state index in [9.17, 15) is 14.4 Å². The molecule has 1 aromatic heterocycles. The van der Waals surface area contributed by atoms with Crippen molar-refractivity contribution in [3.8, 4) is 6.07 Å². The van der Waals surface area contributed by atoms with Gasteiger partial charge < -0.3 is 10.5 Å². The van der Waals surface area contributed by atoms with Crippen LogP contribution in [0.2, 0.25) is 0 Å². The number of nitrogens with zero attached hydrogens (tertiary/aromatic N) is 2. The van der Waals surface area contributed by atoms with Gasteiger partial charge in [-0.2, -0.15) is 5.26 Å². The highest BCUT2D eigenvalue weighted by molar-refractivity contribution is 5.85. The molecule has 3 N–H and O–H groups in total. The Morgan fingerprint density at radius 2 is 2.26 bits per heavy atom. The number of esters is 1. The second kappa shape index (κ2) is 7.35. The molecule has 0 bridgehead atoms. The van der Waals surface area contributed by atoms with Gasteiger partial charge in [-0.05, 0) is 6.92 Å². The van der Waals surface area contributed by atoms with Gasteiger partial charge in [0.1, 0.15) is 12.1 Å². The summed E-state index contributed by atoms with van der Waals surface area (Å²) in [6.07, 6.45) is 1.30. The predicted molar refractivity (Wildman–Crippen MR) is 67.9 cm³/mol. The molecule has 0 aliphatic heterocycles. The van der Waals surface area contributed by atoms with Gasteiger partial charge in [0.15, 0.2) is 6.61 Å². The van der Waals surface area contributed by atoms with Crippen LogP contribution in [0, 0.1) is 18.3 Å². The lowest BCUT2D eigenvalue weighted by atomic mass is 10.3. The predicted octanol–water partition coefficient (Wildman–Crippen LogP) is -1.34. The second-order valence-electron chi connectivity index (χ2n) is 3.60. The van der Waals surface area contributed by atoms with E-state index in [4.69, 9.17) is 11.0 Å². The Kier molecular flexibility index (Phi) is 6.54. The second-order valence-corrected chi connectivity index (χ2v) is 3.60. The number of aryl methyl sites for hydroxylation is 1. The van der Waals surface area contributed by atoms with Crippen LogP contribution in [0.3, 0.4) is 0 Å². The summed E-state index contributed by atoms with van der Waals surface area (Å²) in [6, 6.07) is 0.549. The number of nitrogens with one attached hydrogen (secondary N) is 1. The van der Waals surface area contributed by atoms with E-state index in [-0.39, 0.29) is 19.0 Å². The summed E-state index contributed by atoms with van der Waals surface area (Å²) < 4.78 is 5.61. The van der Waals surface area contributed by atoms with Gasteiger partial charge in [0.05, 0.1) is 6.54 Å². The van der Waals surface area contributed by atoms with Gasteiger partial charge >= 0.3 is 11.7 Å². The monoisotopic (exact) mass is 288 g/mol. The van der Waals surface area contributed by atoms with E-state index in [1.807, 2.05) is 0 Å². The van der Waals surface area contributed by atoms with E-state index in [1.165, 1.54) is 13.1 Å². The minimum Gasteiger partial charge on any atom is -0.449 e. The number of halogens is 1. The zero-order valence-electron chi connectivity index (χ0n) is 10.1. The van der Waals surface area contributed by atoms with Crippen molar-refractivity contribution in [1.82, 2.24) is 9.55 Å². The lowest BCUT2D eigenvalue weighted by Gasteiger charge is -2.11. The lowest BCUT2D eigenvalue weighted by molar-refractivity contribution is -0.144.